The molecule has 2 heteroatoms. The molecule has 2 unspecified atom stereocenters. The van der Waals surface area contributed by atoms with Gasteiger partial charge in [0.15, 0.2) is 0 Å². The van der Waals surface area contributed by atoms with Crippen LogP contribution in [0.2, 0.25) is 0 Å². The van der Waals surface area contributed by atoms with Crippen molar-refractivity contribution in [2.45, 2.75) is 31.3 Å². The van der Waals surface area contributed by atoms with Gasteiger partial charge in [-0.3, -0.25) is 0 Å². The molecule has 0 aliphatic heterocycles. The van der Waals surface area contributed by atoms with Crippen molar-refractivity contribution in [2.75, 3.05) is 7.05 Å². The zero-order chi connectivity index (χ0) is 8.34. The van der Waals surface area contributed by atoms with Crippen LogP contribution in [0.4, 0.5) is 0 Å². The van der Waals surface area contributed by atoms with Crippen molar-refractivity contribution in [3.8, 4) is 0 Å². The van der Waals surface area contributed by atoms with Gasteiger partial charge >= 0.3 is 0 Å². The Morgan fingerprint density at radius 3 is 2.58 bits per heavy atom. The molecule has 3 fully saturated rings. The number of aliphatic hydroxyl groups is 1. The molecule has 3 saturated carbocycles. The average Bonchev–Trinajstić information content (AvgIpc) is 2.01. The first-order chi connectivity index (χ1) is 5.72. The minimum absolute atomic E-state index is 0.340. The van der Waals surface area contributed by atoms with Crippen molar-refractivity contribution in [2.24, 2.45) is 11.8 Å². The lowest BCUT2D eigenvalue weighted by Crippen LogP contribution is -2.54. The van der Waals surface area contributed by atoms with Crippen molar-refractivity contribution in [1.82, 2.24) is 5.32 Å². The second kappa shape index (κ2) is 1.87. The zero-order valence-electron chi connectivity index (χ0n) is 7.43. The van der Waals surface area contributed by atoms with Crippen LogP contribution in [0.15, 0.2) is 11.3 Å². The smallest absolute Gasteiger partial charge is 0.0713 e. The van der Waals surface area contributed by atoms with E-state index in [1.165, 1.54) is 12.1 Å². The van der Waals surface area contributed by atoms with Gasteiger partial charge in [0.05, 0.1) is 5.60 Å². The normalized spacial score (nSPS) is 49.2. The Kier molecular flexibility index (Phi) is 1.09. The quantitative estimate of drug-likeness (QED) is 0.608. The summed E-state index contributed by atoms with van der Waals surface area (Å²) >= 11 is 0. The molecule has 5 aliphatic carbocycles. The summed E-state index contributed by atoms with van der Waals surface area (Å²) in [6, 6.07) is 0. The van der Waals surface area contributed by atoms with E-state index in [0.29, 0.717) is 0 Å². The van der Waals surface area contributed by atoms with Crippen LogP contribution < -0.4 is 5.32 Å². The SMILES string of the molecule is CNC1=C2C3CC2CC(O)(C1)C3. The van der Waals surface area contributed by atoms with E-state index in [4.69, 9.17) is 0 Å². The van der Waals surface area contributed by atoms with Crippen LogP contribution in [-0.2, 0) is 0 Å². The summed E-state index contributed by atoms with van der Waals surface area (Å²) in [6.45, 7) is 0. The van der Waals surface area contributed by atoms with Gasteiger partial charge in [0, 0.05) is 19.2 Å². The van der Waals surface area contributed by atoms with Crippen LogP contribution in [0, 0.1) is 11.8 Å². The molecular weight excluding hydrogens is 150 g/mol. The number of hydrogen-bond acceptors (Lipinski definition) is 2. The highest BCUT2D eigenvalue weighted by molar-refractivity contribution is 5.36. The van der Waals surface area contributed by atoms with E-state index in [9.17, 15) is 5.11 Å². The van der Waals surface area contributed by atoms with Gasteiger partial charge in [0.1, 0.15) is 0 Å². The summed E-state index contributed by atoms with van der Waals surface area (Å²) in [7, 11) is 1.98. The summed E-state index contributed by atoms with van der Waals surface area (Å²) in [5, 5.41) is 13.4. The minimum atomic E-state index is -0.340. The zero-order valence-corrected chi connectivity index (χ0v) is 7.43. The summed E-state index contributed by atoms with van der Waals surface area (Å²) < 4.78 is 0. The van der Waals surface area contributed by atoms with Gasteiger partial charge in [0.25, 0.3) is 0 Å². The van der Waals surface area contributed by atoms with Gasteiger partial charge in [-0.1, -0.05) is 0 Å². The van der Waals surface area contributed by atoms with Crippen LogP contribution >= 0.6 is 0 Å². The second-order valence-corrected chi connectivity index (χ2v) is 4.62. The van der Waals surface area contributed by atoms with Gasteiger partial charge in [-0.15, -0.1) is 0 Å². The lowest BCUT2D eigenvalue weighted by Gasteiger charge is -2.57. The van der Waals surface area contributed by atoms with Crippen molar-refractivity contribution in [1.29, 1.82) is 0 Å². The maximum absolute atomic E-state index is 10.1. The summed E-state index contributed by atoms with van der Waals surface area (Å²) in [5.74, 6) is 1.45. The van der Waals surface area contributed by atoms with Crippen LogP contribution in [0.5, 0.6) is 0 Å². The van der Waals surface area contributed by atoms with Crippen molar-refractivity contribution in [3.63, 3.8) is 0 Å². The molecular formula is C10H15NO. The molecule has 0 saturated heterocycles. The molecule has 0 amide bonds. The van der Waals surface area contributed by atoms with Crippen LogP contribution in [0.25, 0.3) is 0 Å². The van der Waals surface area contributed by atoms with Gasteiger partial charge in [0.2, 0.25) is 0 Å². The molecule has 4 bridgehead atoms. The summed E-state index contributed by atoms with van der Waals surface area (Å²) in [4.78, 5) is 0. The third-order valence-corrected chi connectivity index (χ3v) is 3.86. The number of hydrogen-bond donors (Lipinski definition) is 2. The molecule has 2 atom stereocenters. The van der Waals surface area contributed by atoms with Gasteiger partial charge < -0.3 is 10.4 Å². The van der Waals surface area contributed by atoms with E-state index < -0.39 is 0 Å². The average molecular weight is 165 g/mol. The van der Waals surface area contributed by atoms with Gasteiger partial charge in [-0.05, 0) is 36.7 Å². The van der Waals surface area contributed by atoms with Gasteiger partial charge in [-0.25, -0.2) is 0 Å². The lowest BCUT2D eigenvalue weighted by atomic mass is 9.51. The molecule has 0 aromatic rings. The number of allylic oxidation sites excluding steroid dienone is 1. The van der Waals surface area contributed by atoms with Crippen LogP contribution in [0.3, 0.4) is 0 Å². The largest absolute Gasteiger partial charge is 0.391 e. The Morgan fingerprint density at radius 1 is 1.42 bits per heavy atom. The van der Waals surface area contributed by atoms with Crippen molar-refractivity contribution in [3.05, 3.63) is 11.3 Å². The first kappa shape index (κ1) is 6.96. The van der Waals surface area contributed by atoms with E-state index in [0.717, 1.165) is 31.1 Å². The molecule has 0 aromatic carbocycles. The number of nitrogens with one attached hydrogen (secondary N) is 1. The molecule has 2 nitrogen and oxygen atoms in total. The molecule has 0 heterocycles. The topological polar surface area (TPSA) is 32.3 Å². The Hall–Kier alpha value is -0.500. The van der Waals surface area contributed by atoms with Crippen LogP contribution in [0.1, 0.15) is 25.7 Å². The van der Waals surface area contributed by atoms with E-state index in [1.807, 2.05) is 7.05 Å². The highest BCUT2D eigenvalue weighted by atomic mass is 16.3. The highest BCUT2D eigenvalue weighted by Crippen LogP contribution is 2.60. The summed E-state index contributed by atoms with van der Waals surface area (Å²) in [6.07, 6.45) is 4.28. The second-order valence-electron chi connectivity index (χ2n) is 4.62. The van der Waals surface area contributed by atoms with E-state index in [1.54, 1.807) is 5.57 Å². The monoisotopic (exact) mass is 165 g/mol. The maximum atomic E-state index is 10.1. The molecule has 5 rings (SSSR count). The molecule has 5 aliphatic rings. The standard InChI is InChI=1S/C10H15NO/c1-11-8-5-10(12)3-6-2-7(4-10)9(6)8/h6-7,11-12H,2-5H2,1H3. The Morgan fingerprint density at radius 2 is 2.08 bits per heavy atom. The first-order valence-electron chi connectivity index (χ1n) is 4.85. The fraction of sp³-hybridized carbons (Fsp3) is 0.800. The van der Waals surface area contributed by atoms with Crippen LogP contribution in [-0.4, -0.2) is 17.8 Å². The lowest BCUT2D eigenvalue weighted by molar-refractivity contribution is -0.0715. The molecule has 2 N–H and O–H groups in total. The third kappa shape index (κ3) is 0.650. The number of rotatable bonds is 1. The highest BCUT2D eigenvalue weighted by Gasteiger charge is 2.54. The third-order valence-electron chi connectivity index (χ3n) is 3.86. The molecule has 66 valence electrons. The molecule has 0 spiro atoms. The molecule has 0 aromatic heterocycles. The van der Waals surface area contributed by atoms with Crippen molar-refractivity contribution < 1.29 is 5.11 Å². The molecule has 12 heavy (non-hydrogen) atoms. The minimum Gasteiger partial charge on any atom is -0.391 e. The predicted molar refractivity (Wildman–Crippen MR) is 46.5 cm³/mol. The van der Waals surface area contributed by atoms with E-state index in [-0.39, 0.29) is 5.60 Å². The fourth-order valence-electron chi connectivity index (χ4n) is 3.46. The maximum Gasteiger partial charge on any atom is 0.0713 e. The predicted octanol–water partition coefficient (Wildman–Crippen LogP) is 1.02. The fourth-order valence-corrected chi connectivity index (χ4v) is 3.46. The Balaban J connectivity index is 2.06. The van der Waals surface area contributed by atoms with E-state index >= 15 is 0 Å². The molecule has 0 radical (unpaired) electrons. The Bertz CT molecular complexity index is 255. The van der Waals surface area contributed by atoms with Crippen molar-refractivity contribution >= 4 is 0 Å². The summed E-state index contributed by atoms with van der Waals surface area (Å²) in [5.41, 5.74) is 2.65. The number of fused-ring (bicyclic) bond motifs is 1. The van der Waals surface area contributed by atoms with Gasteiger partial charge in [-0.2, -0.15) is 0 Å². The Labute approximate surface area is 72.7 Å². The van der Waals surface area contributed by atoms with E-state index in [2.05, 4.69) is 5.32 Å². The first-order valence-corrected chi connectivity index (χ1v) is 4.85.